The Balaban J connectivity index is 1.55. The number of nitrogens with zero attached hydrogens (tertiary/aromatic N) is 6. The maximum absolute atomic E-state index is 6.19. The molecule has 3 aromatic heterocycles. The number of aryl methyl sites for hydroxylation is 2. The number of rotatable bonds is 3. The van der Waals surface area contributed by atoms with Crippen LogP contribution in [-0.4, -0.2) is 42.4 Å². The first-order valence-corrected chi connectivity index (χ1v) is 8.84. The summed E-state index contributed by atoms with van der Waals surface area (Å²) in [6.07, 6.45) is 4.31. The second kappa shape index (κ2) is 6.15. The van der Waals surface area contributed by atoms with Crippen molar-refractivity contribution in [1.82, 2.24) is 29.3 Å². The topological polar surface area (TPSA) is 77.3 Å². The molecule has 25 heavy (non-hydrogen) atoms. The van der Waals surface area contributed by atoms with Crippen LogP contribution >= 0.6 is 0 Å². The van der Waals surface area contributed by atoms with Gasteiger partial charge in [-0.05, 0) is 33.2 Å². The zero-order valence-electron chi connectivity index (χ0n) is 15.1. The predicted molar refractivity (Wildman–Crippen MR) is 97.3 cm³/mol. The van der Waals surface area contributed by atoms with Crippen molar-refractivity contribution in [2.75, 3.05) is 18.8 Å². The van der Waals surface area contributed by atoms with Crippen molar-refractivity contribution in [2.24, 2.45) is 7.05 Å². The van der Waals surface area contributed by atoms with Crippen molar-refractivity contribution in [3.05, 3.63) is 41.0 Å². The van der Waals surface area contributed by atoms with Gasteiger partial charge in [0, 0.05) is 49.4 Å². The van der Waals surface area contributed by atoms with Crippen molar-refractivity contribution >= 4 is 11.5 Å². The number of nitrogen functional groups attached to an aromatic ring is 1. The molecule has 0 bridgehead atoms. The number of hydrogen-bond donors (Lipinski definition) is 1. The highest BCUT2D eigenvalue weighted by molar-refractivity contribution is 5.48. The molecule has 4 heterocycles. The van der Waals surface area contributed by atoms with E-state index >= 15 is 0 Å². The van der Waals surface area contributed by atoms with E-state index in [4.69, 9.17) is 10.7 Å². The van der Waals surface area contributed by atoms with Crippen LogP contribution in [0, 0.1) is 13.8 Å². The maximum Gasteiger partial charge on any atom is 0.157 e. The lowest BCUT2D eigenvalue weighted by molar-refractivity contribution is 0.198. The van der Waals surface area contributed by atoms with E-state index in [1.165, 1.54) is 17.7 Å². The summed E-state index contributed by atoms with van der Waals surface area (Å²) in [4.78, 5) is 7.32. The maximum atomic E-state index is 6.19. The van der Waals surface area contributed by atoms with Gasteiger partial charge in [-0.2, -0.15) is 14.7 Å². The van der Waals surface area contributed by atoms with Gasteiger partial charge in [-0.15, -0.1) is 0 Å². The van der Waals surface area contributed by atoms with E-state index in [2.05, 4.69) is 22.0 Å². The molecule has 1 aliphatic heterocycles. The van der Waals surface area contributed by atoms with Crippen molar-refractivity contribution in [3.8, 4) is 0 Å². The molecule has 0 aliphatic carbocycles. The fraction of sp³-hybridized carbons (Fsp3) is 0.500. The van der Waals surface area contributed by atoms with Gasteiger partial charge in [0.05, 0.1) is 17.6 Å². The quantitative estimate of drug-likeness (QED) is 0.790. The van der Waals surface area contributed by atoms with Crippen LogP contribution in [0.5, 0.6) is 0 Å². The van der Waals surface area contributed by atoms with E-state index in [0.29, 0.717) is 11.7 Å². The number of likely N-dealkylation sites (tertiary alicyclic amines) is 1. The first kappa shape index (κ1) is 16.1. The van der Waals surface area contributed by atoms with Crippen LogP contribution in [-0.2, 0) is 13.6 Å². The molecular weight excluding hydrogens is 314 g/mol. The second-order valence-corrected chi connectivity index (χ2v) is 7.11. The molecule has 0 radical (unpaired) electrons. The van der Waals surface area contributed by atoms with Crippen LogP contribution < -0.4 is 5.73 Å². The Morgan fingerprint density at radius 1 is 1.28 bits per heavy atom. The van der Waals surface area contributed by atoms with Gasteiger partial charge in [-0.1, -0.05) is 0 Å². The monoisotopic (exact) mass is 339 g/mol. The first-order valence-electron chi connectivity index (χ1n) is 8.84. The molecule has 1 fully saturated rings. The van der Waals surface area contributed by atoms with Crippen molar-refractivity contribution < 1.29 is 0 Å². The van der Waals surface area contributed by atoms with Gasteiger partial charge < -0.3 is 5.73 Å². The minimum Gasteiger partial charge on any atom is -0.384 e. The second-order valence-electron chi connectivity index (χ2n) is 7.11. The van der Waals surface area contributed by atoms with Gasteiger partial charge in [0.15, 0.2) is 5.65 Å². The van der Waals surface area contributed by atoms with Gasteiger partial charge in [-0.3, -0.25) is 9.58 Å². The SMILES string of the molecule is Cc1cc2nc([C@@H]3CCCN(Cc4cnn(C)c4C)C3)cc(N)n2n1. The molecule has 7 nitrogen and oxygen atoms in total. The summed E-state index contributed by atoms with van der Waals surface area (Å²) in [7, 11) is 1.99. The Morgan fingerprint density at radius 2 is 2.12 bits per heavy atom. The molecule has 0 saturated carbocycles. The Labute approximate surface area is 147 Å². The van der Waals surface area contributed by atoms with Crippen LogP contribution in [0.3, 0.4) is 0 Å². The smallest absolute Gasteiger partial charge is 0.157 e. The molecule has 0 aromatic carbocycles. The number of fused-ring (bicyclic) bond motifs is 1. The Kier molecular flexibility index (Phi) is 3.95. The van der Waals surface area contributed by atoms with Crippen molar-refractivity contribution in [3.63, 3.8) is 0 Å². The van der Waals surface area contributed by atoms with E-state index in [0.717, 1.165) is 43.1 Å². The van der Waals surface area contributed by atoms with E-state index in [-0.39, 0.29) is 0 Å². The average Bonchev–Trinajstić information content (AvgIpc) is 3.12. The summed E-state index contributed by atoms with van der Waals surface area (Å²) >= 11 is 0. The lowest BCUT2D eigenvalue weighted by Gasteiger charge is -2.32. The standard InChI is InChI=1S/C18H25N7/c1-12-7-18-21-16(8-17(19)25(18)22-12)14-5-4-6-24(10-14)11-15-9-20-23(3)13(15)2/h7-9,14H,4-6,10-11,19H2,1-3H3/t14-/m1/s1. The fourth-order valence-corrected chi connectivity index (χ4v) is 3.72. The first-order chi connectivity index (χ1) is 12.0. The lowest BCUT2D eigenvalue weighted by Crippen LogP contribution is -2.34. The number of anilines is 1. The molecule has 1 atom stereocenters. The van der Waals surface area contributed by atoms with E-state index in [1.54, 1.807) is 4.52 Å². The van der Waals surface area contributed by atoms with Crippen LogP contribution in [0.4, 0.5) is 5.82 Å². The highest BCUT2D eigenvalue weighted by Gasteiger charge is 2.24. The third-order valence-electron chi connectivity index (χ3n) is 5.25. The molecule has 132 valence electrons. The largest absolute Gasteiger partial charge is 0.384 e. The Hall–Kier alpha value is -2.41. The molecule has 0 amide bonds. The molecule has 1 aliphatic rings. The lowest BCUT2D eigenvalue weighted by atomic mass is 9.94. The summed E-state index contributed by atoms with van der Waals surface area (Å²) in [6, 6.07) is 3.97. The molecule has 0 unspecified atom stereocenters. The zero-order valence-corrected chi connectivity index (χ0v) is 15.1. The van der Waals surface area contributed by atoms with Crippen LogP contribution in [0.1, 0.15) is 41.4 Å². The molecular formula is C18H25N7. The van der Waals surface area contributed by atoms with E-state index < -0.39 is 0 Å². The summed E-state index contributed by atoms with van der Waals surface area (Å²) in [5.74, 6) is 1.07. The van der Waals surface area contributed by atoms with Gasteiger partial charge in [0.25, 0.3) is 0 Å². The van der Waals surface area contributed by atoms with Gasteiger partial charge >= 0.3 is 0 Å². The van der Waals surface area contributed by atoms with Gasteiger partial charge in [0.2, 0.25) is 0 Å². The summed E-state index contributed by atoms with van der Waals surface area (Å²) < 4.78 is 3.66. The van der Waals surface area contributed by atoms with E-state index in [1.807, 2.05) is 37.0 Å². The highest BCUT2D eigenvalue weighted by Crippen LogP contribution is 2.28. The summed E-state index contributed by atoms with van der Waals surface area (Å²) in [6.45, 7) is 7.16. The minimum atomic E-state index is 0.410. The molecule has 7 heteroatoms. The van der Waals surface area contributed by atoms with Crippen LogP contribution in [0.15, 0.2) is 18.3 Å². The zero-order chi connectivity index (χ0) is 17.6. The Bertz CT molecular complexity index is 908. The minimum absolute atomic E-state index is 0.410. The summed E-state index contributed by atoms with van der Waals surface area (Å²) in [5, 5.41) is 8.75. The van der Waals surface area contributed by atoms with Crippen molar-refractivity contribution in [1.29, 1.82) is 0 Å². The predicted octanol–water partition coefficient (Wildman–Crippen LogP) is 2.04. The van der Waals surface area contributed by atoms with Crippen LogP contribution in [0.2, 0.25) is 0 Å². The molecule has 1 saturated heterocycles. The summed E-state index contributed by atoms with van der Waals surface area (Å²) in [5.41, 5.74) is 11.6. The molecule has 0 spiro atoms. The molecule has 4 rings (SSSR count). The Morgan fingerprint density at radius 3 is 2.88 bits per heavy atom. The number of nitrogens with two attached hydrogens (primary N) is 1. The number of piperidine rings is 1. The van der Waals surface area contributed by atoms with Crippen molar-refractivity contribution in [2.45, 2.75) is 39.2 Å². The number of aromatic nitrogens is 5. The van der Waals surface area contributed by atoms with Gasteiger partial charge in [-0.25, -0.2) is 4.98 Å². The average molecular weight is 339 g/mol. The molecule has 2 N–H and O–H groups in total. The normalized spacial score (nSPS) is 18.9. The fourth-order valence-electron chi connectivity index (χ4n) is 3.72. The molecule has 3 aromatic rings. The third kappa shape index (κ3) is 3.00. The van der Waals surface area contributed by atoms with Crippen LogP contribution in [0.25, 0.3) is 5.65 Å². The third-order valence-corrected chi connectivity index (χ3v) is 5.25. The highest BCUT2D eigenvalue weighted by atomic mass is 15.3. The van der Waals surface area contributed by atoms with Gasteiger partial charge in [0.1, 0.15) is 5.82 Å². The number of hydrogen-bond acceptors (Lipinski definition) is 5. The van der Waals surface area contributed by atoms with E-state index in [9.17, 15) is 0 Å².